The van der Waals surface area contributed by atoms with Crippen molar-refractivity contribution in [2.75, 3.05) is 13.1 Å². The lowest BCUT2D eigenvalue weighted by molar-refractivity contribution is 0.278. The Kier molecular flexibility index (Phi) is 5.44. The van der Waals surface area contributed by atoms with Crippen LogP contribution in [0.4, 0.5) is 0 Å². The second-order valence-electron chi connectivity index (χ2n) is 7.88. The van der Waals surface area contributed by atoms with Gasteiger partial charge in [-0.2, -0.15) is 4.31 Å². The van der Waals surface area contributed by atoms with Crippen LogP contribution in [-0.2, 0) is 16.4 Å². The first-order chi connectivity index (χ1) is 15.6. The van der Waals surface area contributed by atoms with Crippen LogP contribution in [0, 0.1) is 0 Å². The summed E-state index contributed by atoms with van der Waals surface area (Å²) >= 11 is 0. The first-order valence-corrected chi connectivity index (χ1v) is 12.2. The van der Waals surface area contributed by atoms with E-state index in [9.17, 15) is 8.42 Å². The average Bonchev–Trinajstić information content (AvgIpc) is 3.24. The zero-order valence-electron chi connectivity index (χ0n) is 17.8. The van der Waals surface area contributed by atoms with Gasteiger partial charge in [-0.25, -0.2) is 28.4 Å². The Morgan fingerprint density at radius 3 is 2.47 bits per heavy atom. The van der Waals surface area contributed by atoms with Gasteiger partial charge in [0.25, 0.3) is 0 Å². The van der Waals surface area contributed by atoms with E-state index in [1.165, 1.54) is 6.33 Å². The quantitative estimate of drug-likeness (QED) is 0.464. The maximum atomic E-state index is 13.2. The normalized spacial score (nSPS) is 15.9. The summed E-state index contributed by atoms with van der Waals surface area (Å²) in [5, 5.41) is 0. The van der Waals surface area contributed by atoms with E-state index in [1.54, 1.807) is 28.8 Å². The van der Waals surface area contributed by atoms with Gasteiger partial charge in [-0.05, 0) is 55.2 Å². The van der Waals surface area contributed by atoms with Crippen molar-refractivity contribution in [3.8, 4) is 11.5 Å². The summed E-state index contributed by atoms with van der Waals surface area (Å²) in [4.78, 5) is 18.1. The molecule has 4 heterocycles. The summed E-state index contributed by atoms with van der Waals surface area (Å²) in [6.45, 7) is 2.94. The van der Waals surface area contributed by atoms with Crippen LogP contribution in [0.5, 0.6) is 0 Å². The maximum absolute atomic E-state index is 13.2. The average molecular weight is 449 g/mol. The molecule has 0 bridgehead atoms. The molecule has 1 fully saturated rings. The van der Waals surface area contributed by atoms with Crippen LogP contribution >= 0.6 is 0 Å². The molecule has 1 aliphatic heterocycles. The molecule has 0 spiro atoms. The Balaban J connectivity index is 1.43. The Morgan fingerprint density at radius 1 is 1.00 bits per heavy atom. The molecule has 0 N–H and O–H groups in total. The van der Waals surface area contributed by atoms with E-state index in [2.05, 4.69) is 26.4 Å². The smallest absolute Gasteiger partial charge is 0.243 e. The molecule has 0 radical (unpaired) electrons. The fourth-order valence-corrected chi connectivity index (χ4v) is 5.74. The van der Waals surface area contributed by atoms with E-state index < -0.39 is 10.0 Å². The molecule has 0 amide bonds. The van der Waals surface area contributed by atoms with Crippen LogP contribution < -0.4 is 0 Å². The minimum absolute atomic E-state index is 0.0776. The fraction of sp³-hybridized carbons (Fsp3) is 0.304. The summed E-state index contributed by atoms with van der Waals surface area (Å²) < 4.78 is 30.0. The number of hydrogen-bond acceptors (Lipinski definition) is 6. The molecule has 32 heavy (non-hydrogen) atoms. The van der Waals surface area contributed by atoms with Crippen molar-refractivity contribution in [3.63, 3.8) is 0 Å². The molecule has 1 aliphatic rings. The predicted octanol–water partition coefficient (Wildman–Crippen LogP) is 3.48. The standard InChI is InChI=1S/C23H24N6O2S/c1-2-17-5-7-19(8-6-17)32(30,31)28-14-10-18(11-15-28)29-22-21(4-3-12-25-22)27-23(29)20-9-13-24-16-26-20/h3-9,12-13,16,18H,2,10-11,14-15H2,1H3. The van der Waals surface area contributed by atoms with Crippen LogP contribution in [-0.4, -0.2) is 50.3 Å². The maximum Gasteiger partial charge on any atom is 0.243 e. The van der Waals surface area contributed by atoms with Gasteiger partial charge in [-0.3, -0.25) is 0 Å². The van der Waals surface area contributed by atoms with Crippen LogP contribution in [0.25, 0.3) is 22.7 Å². The molecule has 4 aromatic rings. The number of fused-ring (bicyclic) bond motifs is 1. The van der Waals surface area contributed by atoms with E-state index >= 15 is 0 Å². The molecule has 0 aliphatic carbocycles. The number of piperidine rings is 1. The van der Waals surface area contributed by atoms with Crippen LogP contribution in [0.15, 0.2) is 66.1 Å². The highest BCUT2D eigenvalue weighted by Gasteiger charge is 2.32. The first-order valence-electron chi connectivity index (χ1n) is 10.8. The topological polar surface area (TPSA) is 93.9 Å². The number of pyridine rings is 1. The Bertz CT molecular complexity index is 1330. The Labute approximate surface area is 187 Å². The molecule has 9 heteroatoms. The van der Waals surface area contributed by atoms with Gasteiger partial charge < -0.3 is 4.57 Å². The van der Waals surface area contributed by atoms with E-state index in [1.807, 2.05) is 30.3 Å². The highest BCUT2D eigenvalue weighted by atomic mass is 32.2. The lowest BCUT2D eigenvalue weighted by atomic mass is 10.1. The van der Waals surface area contributed by atoms with E-state index in [-0.39, 0.29) is 6.04 Å². The van der Waals surface area contributed by atoms with Gasteiger partial charge in [0.1, 0.15) is 17.5 Å². The zero-order valence-corrected chi connectivity index (χ0v) is 18.6. The van der Waals surface area contributed by atoms with E-state index in [0.717, 1.165) is 34.7 Å². The van der Waals surface area contributed by atoms with Gasteiger partial charge >= 0.3 is 0 Å². The summed E-state index contributed by atoms with van der Waals surface area (Å²) in [5.41, 5.74) is 3.44. The van der Waals surface area contributed by atoms with Gasteiger partial charge in [0.15, 0.2) is 11.5 Å². The SMILES string of the molecule is CCc1ccc(S(=O)(=O)N2CCC(n3c(-c4ccncn4)nc4cccnc43)CC2)cc1. The van der Waals surface area contributed by atoms with E-state index in [0.29, 0.717) is 30.8 Å². The van der Waals surface area contributed by atoms with Gasteiger partial charge in [0, 0.05) is 31.5 Å². The number of benzene rings is 1. The van der Waals surface area contributed by atoms with Gasteiger partial charge in [-0.1, -0.05) is 19.1 Å². The molecular weight excluding hydrogens is 424 g/mol. The molecule has 0 saturated carbocycles. The van der Waals surface area contributed by atoms with Crippen molar-refractivity contribution in [1.82, 2.24) is 28.8 Å². The second-order valence-corrected chi connectivity index (χ2v) is 9.82. The minimum Gasteiger partial charge on any atom is -0.304 e. The molecule has 3 aromatic heterocycles. The fourth-order valence-electron chi connectivity index (χ4n) is 4.27. The number of hydrogen-bond donors (Lipinski definition) is 0. The number of aryl methyl sites for hydroxylation is 1. The molecule has 1 saturated heterocycles. The molecule has 0 atom stereocenters. The van der Waals surface area contributed by atoms with E-state index in [4.69, 9.17) is 4.98 Å². The molecule has 0 unspecified atom stereocenters. The monoisotopic (exact) mass is 448 g/mol. The van der Waals surface area contributed by atoms with Crippen molar-refractivity contribution in [2.24, 2.45) is 0 Å². The van der Waals surface area contributed by atoms with Crippen LogP contribution in [0.3, 0.4) is 0 Å². The third-order valence-corrected chi connectivity index (χ3v) is 7.93. The summed E-state index contributed by atoms with van der Waals surface area (Å²) in [6, 6.07) is 12.9. The Hall–Kier alpha value is -3.17. The molecule has 1 aromatic carbocycles. The van der Waals surface area contributed by atoms with Crippen LogP contribution in [0.1, 0.15) is 31.4 Å². The first kappa shape index (κ1) is 20.7. The largest absolute Gasteiger partial charge is 0.304 e. The number of rotatable bonds is 5. The molecular formula is C23H24N6O2S. The van der Waals surface area contributed by atoms with Gasteiger partial charge in [-0.15, -0.1) is 0 Å². The second kappa shape index (κ2) is 8.40. The number of imidazole rings is 1. The van der Waals surface area contributed by atoms with Gasteiger partial charge in [0.2, 0.25) is 10.0 Å². The highest BCUT2D eigenvalue weighted by Crippen LogP contribution is 2.33. The minimum atomic E-state index is -3.51. The number of nitrogens with zero attached hydrogens (tertiary/aromatic N) is 6. The number of aromatic nitrogens is 5. The third-order valence-electron chi connectivity index (χ3n) is 6.02. The zero-order chi connectivity index (χ0) is 22.1. The van der Waals surface area contributed by atoms with Crippen molar-refractivity contribution in [2.45, 2.75) is 37.1 Å². The lowest BCUT2D eigenvalue weighted by Gasteiger charge is -2.32. The van der Waals surface area contributed by atoms with Crippen molar-refractivity contribution < 1.29 is 8.42 Å². The third kappa shape index (κ3) is 3.67. The highest BCUT2D eigenvalue weighted by molar-refractivity contribution is 7.89. The summed E-state index contributed by atoms with van der Waals surface area (Å²) in [5.74, 6) is 0.734. The summed E-state index contributed by atoms with van der Waals surface area (Å²) in [7, 11) is -3.51. The molecule has 5 rings (SSSR count). The number of sulfonamides is 1. The predicted molar refractivity (Wildman–Crippen MR) is 121 cm³/mol. The summed E-state index contributed by atoms with van der Waals surface area (Å²) in [6.07, 6.45) is 7.18. The van der Waals surface area contributed by atoms with Crippen molar-refractivity contribution in [3.05, 3.63) is 66.7 Å². The molecule has 8 nitrogen and oxygen atoms in total. The lowest BCUT2D eigenvalue weighted by Crippen LogP contribution is -2.39. The van der Waals surface area contributed by atoms with Crippen molar-refractivity contribution in [1.29, 1.82) is 0 Å². The van der Waals surface area contributed by atoms with Crippen LogP contribution in [0.2, 0.25) is 0 Å². The van der Waals surface area contributed by atoms with Gasteiger partial charge in [0.05, 0.1) is 4.90 Å². The molecule has 164 valence electrons. The van der Waals surface area contributed by atoms with Crippen molar-refractivity contribution >= 4 is 21.2 Å². The Morgan fingerprint density at radius 2 is 1.78 bits per heavy atom.